The summed E-state index contributed by atoms with van der Waals surface area (Å²) in [5.74, 6) is 1.58. The van der Waals surface area contributed by atoms with Gasteiger partial charge in [0, 0.05) is 12.8 Å². The first kappa shape index (κ1) is 25.2. The summed E-state index contributed by atoms with van der Waals surface area (Å²) in [5, 5.41) is 6.45. The van der Waals surface area contributed by atoms with Crippen LogP contribution in [0.4, 0.5) is 0 Å². The average molecular weight is 531 g/mol. The fraction of sp³-hybridized carbons (Fsp3) is 0.381. The second-order valence-corrected chi connectivity index (χ2v) is 8.59. The number of rotatable bonds is 8. The molecule has 29 heavy (non-hydrogen) atoms. The summed E-state index contributed by atoms with van der Waals surface area (Å²) in [5.41, 5.74) is 2.80. The molecule has 0 radical (unpaired) electrons. The van der Waals surface area contributed by atoms with E-state index < -0.39 is 9.84 Å². The molecule has 2 N–H and O–H groups in total. The number of nitrogens with zero attached hydrogens (tertiary/aromatic N) is 1. The third kappa shape index (κ3) is 8.22. The van der Waals surface area contributed by atoms with E-state index in [-0.39, 0.29) is 24.0 Å². The van der Waals surface area contributed by atoms with Crippen LogP contribution >= 0.6 is 24.0 Å². The van der Waals surface area contributed by atoms with Crippen LogP contribution in [0.15, 0.2) is 52.4 Å². The van der Waals surface area contributed by atoms with Gasteiger partial charge in [0.15, 0.2) is 15.8 Å². The number of hydrogen-bond acceptors (Lipinski definition) is 4. The first-order chi connectivity index (χ1) is 13.3. The van der Waals surface area contributed by atoms with Gasteiger partial charge in [0.2, 0.25) is 0 Å². The monoisotopic (exact) mass is 531 g/mol. The smallest absolute Gasteiger partial charge is 0.191 e. The van der Waals surface area contributed by atoms with Crippen LogP contribution in [-0.4, -0.2) is 40.3 Å². The molecule has 0 aliphatic carbocycles. The first-order valence-corrected chi connectivity index (χ1v) is 11.2. The van der Waals surface area contributed by atoms with Crippen molar-refractivity contribution in [3.63, 3.8) is 0 Å². The Kier molecular flexibility index (Phi) is 10.5. The predicted octanol–water partition coefficient (Wildman–Crippen LogP) is 3.46. The Labute approximate surface area is 191 Å². The maximum Gasteiger partial charge on any atom is 0.191 e. The van der Waals surface area contributed by atoms with E-state index in [0.29, 0.717) is 30.6 Å². The number of ether oxygens (including phenoxy) is 1. The second-order valence-electron chi connectivity index (χ2n) is 6.61. The summed E-state index contributed by atoms with van der Waals surface area (Å²) in [6, 6.07) is 13.2. The quantitative estimate of drug-likeness (QED) is 0.236. The molecular formula is C21H30IN3O3S. The van der Waals surface area contributed by atoms with E-state index in [1.807, 2.05) is 44.2 Å². The molecule has 0 unspecified atom stereocenters. The lowest BCUT2D eigenvalue weighted by Gasteiger charge is -2.13. The fourth-order valence-electron chi connectivity index (χ4n) is 2.79. The summed E-state index contributed by atoms with van der Waals surface area (Å²) < 4.78 is 29.2. The van der Waals surface area contributed by atoms with Gasteiger partial charge in [0.1, 0.15) is 12.4 Å². The minimum atomic E-state index is -3.21. The van der Waals surface area contributed by atoms with Gasteiger partial charge in [-0.15, -0.1) is 24.0 Å². The van der Waals surface area contributed by atoms with Gasteiger partial charge in [-0.3, -0.25) is 0 Å². The number of para-hydroxylation sites is 1. The molecule has 8 heteroatoms. The Morgan fingerprint density at radius 2 is 1.79 bits per heavy atom. The van der Waals surface area contributed by atoms with Crippen LogP contribution in [0.1, 0.15) is 23.6 Å². The number of guanidine groups is 1. The number of benzene rings is 2. The molecule has 160 valence electrons. The molecule has 0 bridgehead atoms. The lowest BCUT2D eigenvalue weighted by atomic mass is 10.1. The maximum absolute atomic E-state index is 11.7. The zero-order valence-corrected chi connectivity index (χ0v) is 20.5. The Morgan fingerprint density at radius 3 is 2.41 bits per heavy atom. The maximum atomic E-state index is 11.7. The number of halogens is 1. The van der Waals surface area contributed by atoms with Gasteiger partial charge in [-0.05, 0) is 49.6 Å². The van der Waals surface area contributed by atoms with Crippen molar-refractivity contribution in [2.45, 2.75) is 32.2 Å². The minimum absolute atomic E-state index is 0. The molecule has 0 saturated carbocycles. The van der Waals surface area contributed by atoms with Gasteiger partial charge in [-0.2, -0.15) is 0 Å². The topological polar surface area (TPSA) is 79.8 Å². The van der Waals surface area contributed by atoms with Crippen molar-refractivity contribution >= 4 is 39.8 Å². The van der Waals surface area contributed by atoms with E-state index in [0.717, 1.165) is 29.0 Å². The van der Waals surface area contributed by atoms with Gasteiger partial charge >= 0.3 is 0 Å². The highest BCUT2D eigenvalue weighted by Gasteiger charge is 2.10. The van der Waals surface area contributed by atoms with Crippen LogP contribution in [0.3, 0.4) is 0 Å². The molecule has 2 rings (SSSR count). The highest BCUT2D eigenvalue weighted by Crippen LogP contribution is 2.17. The van der Waals surface area contributed by atoms with Crippen LogP contribution < -0.4 is 15.4 Å². The van der Waals surface area contributed by atoms with E-state index in [1.54, 1.807) is 19.1 Å². The molecule has 0 atom stereocenters. The van der Waals surface area contributed by atoms with E-state index in [9.17, 15) is 8.42 Å². The molecule has 0 spiro atoms. The van der Waals surface area contributed by atoms with Crippen molar-refractivity contribution in [2.24, 2.45) is 4.99 Å². The zero-order valence-electron chi connectivity index (χ0n) is 17.4. The van der Waals surface area contributed by atoms with Gasteiger partial charge in [-0.25, -0.2) is 13.4 Å². The number of sulfone groups is 1. The summed E-state index contributed by atoms with van der Waals surface area (Å²) in [4.78, 5) is 4.93. The van der Waals surface area contributed by atoms with Crippen LogP contribution in [0.2, 0.25) is 0 Å². The van der Waals surface area contributed by atoms with Crippen LogP contribution in [0.5, 0.6) is 5.75 Å². The molecule has 0 aliphatic heterocycles. The van der Waals surface area contributed by atoms with E-state index >= 15 is 0 Å². The Morgan fingerprint density at radius 1 is 1.07 bits per heavy atom. The normalized spacial score (nSPS) is 11.5. The van der Waals surface area contributed by atoms with Gasteiger partial charge < -0.3 is 15.4 Å². The highest BCUT2D eigenvalue weighted by atomic mass is 127. The molecule has 0 aliphatic rings. The number of nitrogens with one attached hydrogen (secondary N) is 2. The van der Waals surface area contributed by atoms with Gasteiger partial charge in [0.05, 0.1) is 18.0 Å². The summed E-state index contributed by atoms with van der Waals surface area (Å²) in [6.07, 6.45) is 1.22. The predicted molar refractivity (Wildman–Crippen MR) is 129 cm³/mol. The van der Waals surface area contributed by atoms with Crippen molar-refractivity contribution in [3.05, 3.63) is 59.2 Å². The highest BCUT2D eigenvalue weighted by molar-refractivity contribution is 14.0. The van der Waals surface area contributed by atoms with Crippen molar-refractivity contribution in [1.82, 2.24) is 10.6 Å². The molecule has 0 heterocycles. The molecule has 0 fully saturated rings. The van der Waals surface area contributed by atoms with E-state index in [4.69, 9.17) is 4.74 Å². The standard InChI is InChI=1S/C21H29N3O3S.HI/c1-5-22-21(23-12-13-27-19-9-7-6-8-16(19)2)24-15-18-10-11-20(17(3)14-18)28(4,25)26;/h6-11,14H,5,12-13,15H2,1-4H3,(H2,22,23,24);1H. The molecule has 0 aromatic heterocycles. The summed E-state index contributed by atoms with van der Waals surface area (Å²) >= 11 is 0. The van der Waals surface area contributed by atoms with Crippen molar-refractivity contribution in [3.8, 4) is 5.75 Å². The lowest BCUT2D eigenvalue weighted by molar-refractivity contribution is 0.320. The van der Waals surface area contributed by atoms with Crippen molar-refractivity contribution < 1.29 is 13.2 Å². The Balaban J connectivity index is 0.00000420. The SMILES string of the molecule is CCNC(=NCc1ccc(S(C)(=O)=O)c(C)c1)NCCOc1ccccc1C.I. The van der Waals surface area contributed by atoms with Crippen LogP contribution in [0.25, 0.3) is 0 Å². The third-order valence-corrected chi connectivity index (χ3v) is 5.41. The molecule has 6 nitrogen and oxygen atoms in total. The number of aliphatic imine (C=N–C) groups is 1. The zero-order chi connectivity index (χ0) is 20.6. The van der Waals surface area contributed by atoms with Crippen LogP contribution in [0, 0.1) is 13.8 Å². The van der Waals surface area contributed by atoms with E-state index in [1.165, 1.54) is 6.26 Å². The average Bonchev–Trinajstić information content (AvgIpc) is 2.63. The Bertz CT molecular complexity index is 931. The van der Waals surface area contributed by atoms with Crippen LogP contribution in [-0.2, 0) is 16.4 Å². The molecular weight excluding hydrogens is 501 g/mol. The van der Waals surface area contributed by atoms with Gasteiger partial charge in [-0.1, -0.05) is 30.3 Å². The first-order valence-electron chi connectivity index (χ1n) is 9.31. The van der Waals surface area contributed by atoms with E-state index in [2.05, 4.69) is 15.6 Å². The third-order valence-electron chi connectivity index (χ3n) is 4.15. The number of hydrogen-bond donors (Lipinski definition) is 2. The molecule has 2 aromatic rings. The molecule has 2 aromatic carbocycles. The Hall–Kier alpha value is -1.81. The molecule has 0 amide bonds. The molecule has 0 saturated heterocycles. The minimum Gasteiger partial charge on any atom is -0.491 e. The lowest BCUT2D eigenvalue weighted by Crippen LogP contribution is -2.39. The van der Waals surface area contributed by atoms with Crippen molar-refractivity contribution in [1.29, 1.82) is 0 Å². The van der Waals surface area contributed by atoms with Gasteiger partial charge in [0.25, 0.3) is 0 Å². The summed E-state index contributed by atoms with van der Waals surface area (Å²) in [6.45, 7) is 8.17. The van der Waals surface area contributed by atoms with Crippen molar-refractivity contribution in [2.75, 3.05) is 26.0 Å². The number of aryl methyl sites for hydroxylation is 2. The fourth-order valence-corrected chi connectivity index (χ4v) is 3.75. The second kappa shape index (κ2) is 12.0. The summed E-state index contributed by atoms with van der Waals surface area (Å²) in [7, 11) is -3.21. The largest absolute Gasteiger partial charge is 0.491 e.